The highest BCUT2D eigenvalue weighted by Crippen LogP contribution is 2.25. The molecule has 1 amide bonds. The molecule has 0 unspecified atom stereocenters. The van der Waals surface area contributed by atoms with E-state index in [0.29, 0.717) is 25.5 Å². The van der Waals surface area contributed by atoms with Crippen molar-refractivity contribution in [1.82, 2.24) is 9.88 Å². The van der Waals surface area contributed by atoms with E-state index in [9.17, 15) is 9.90 Å². The molecule has 2 heterocycles. The van der Waals surface area contributed by atoms with Crippen molar-refractivity contribution in [3.8, 4) is 0 Å². The molecule has 2 N–H and O–H groups in total. The van der Waals surface area contributed by atoms with E-state index in [4.69, 9.17) is 0 Å². The predicted octanol–water partition coefficient (Wildman–Crippen LogP) is 1.63. The fourth-order valence-electron chi connectivity index (χ4n) is 2.36. The van der Waals surface area contributed by atoms with Crippen LogP contribution in [0.2, 0.25) is 0 Å². The fraction of sp³-hybridized carbons (Fsp3) is 0.538. The maximum atomic E-state index is 11.8. The fourth-order valence-corrected chi connectivity index (χ4v) is 2.59. The molecule has 1 saturated heterocycles. The normalized spacial score (nSPS) is 17.8. The molecule has 0 aromatic carbocycles. The lowest BCUT2D eigenvalue weighted by Crippen LogP contribution is -2.62. The van der Waals surface area contributed by atoms with Crippen LogP contribution in [0.4, 0.5) is 5.82 Å². The highest BCUT2D eigenvalue weighted by atomic mass is 79.9. The first-order chi connectivity index (χ1) is 9.00. The predicted molar refractivity (Wildman–Crippen MR) is 76.9 cm³/mol. The van der Waals surface area contributed by atoms with Gasteiger partial charge in [0.25, 0.3) is 0 Å². The first-order valence-electron chi connectivity index (χ1n) is 6.37. The Hall–Kier alpha value is -0.980. The third-order valence-electron chi connectivity index (χ3n) is 3.11. The zero-order valence-corrected chi connectivity index (χ0v) is 12.5. The van der Waals surface area contributed by atoms with Gasteiger partial charge in [-0.1, -0.05) is 13.3 Å². The number of likely N-dealkylation sites (tertiary alicyclic amines) is 1. The molecule has 5 nitrogen and oxygen atoms in total. The van der Waals surface area contributed by atoms with Crippen molar-refractivity contribution in [2.24, 2.45) is 0 Å². The molecule has 0 atom stereocenters. The number of nitrogens with zero attached hydrogens (tertiary/aromatic N) is 2. The third-order valence-corrected chi connectivity index (χ3v) is 3.58. The van der Waals surface area contributed by atoms with Crippen LogP contribution >= 0.6 is 15.9 Å². The summed E-state index contributed by atoms with van der Waals surface area (Å²) in [6.45, 7) is 3.49. The number of hydrogen-bond acceptors (Lipinski definition) is 4. The summed E-state index contributed by atoms with van der Waals surface area (Å²) in [5.41, 5.74) is -0.592. The van der Waals surface area contributed by atoms with Gasteiger partial charge in [-0.3, -0.25) is 9.69 Å². The van der Waals surface area contributed by atoms with Crippen molar-refractivity contribution in [2.75, 3.05) is 25.0 Å². The minimum absolute atomic E-state index is 0.103. The van der Waals surface area contributed by atoms with E-state index in [1.165, 1.54) is 0 Å². The Balaban J connectivity index is 1.76. The van der Waals surface area contributed by atoms with Crippen LogP contribution < -0.4 is 5.32 Å². The summed E-state index contributed by atoms with van der Waals surface area (Å²) >= 11 is 3.29. The molecule has 0 saturated carbocycles. The average molecular weight is 328 g/mol. The van der Waals surface area contributed by atoms with Gasteiger partial charge in [-0.05, 0) is 34.5 Å². The summed E-state index contributed by atoms with van der Waals surface area (Å²) in [7, 11) is 0. The van der Waals surface area contributed by atoms with E-state index >= 15 is 0 Å². The number of halogens is 1. The number of aliphatic hydroxyl groups is 1. The van der Waals surface area contributed by atoms with Crippen molar-refractivity contribution in [2.45, 2.75) is 25.4 Å². The SMILES string of the molecule is CCCC1(O)CN(CC(=O)Nc2ccc(Br)cn2)C1. The Morgan fingerprint density at radius 2 is 2.32 bits per heavy atom. The van der Waals surface area contributed by atoms with Crippen molar-refractivity contribution in [1.29, 1.82) is 0 Å². The minimum Gasteiger partial charge on any atom is -0.387 e. The first-order valence-corrected chi connectivity index (χ1v) is 7.16. The monoisotopic (exact) mass is 327 g/mol. The molecule has 0 radical (unpaired) electrons. The van der Waals surface area contributed by atoms with E-state index in [0.717, 1.165) is 17.3 Å². The molecule has 1 fully saturated rings. The van der Waals surface area contributed by atoms with Gasteiger partial charge in [-0.15, -0.1) is 0 Å². The van der Waals surface area contributed by atoms with Crippen molar-refractivity contribution in [3.05, 3.63) is 22.8 Å². The van der Waals surface area contributed by atoms with Crippen LogP contribution in [0.1, 0.15) is 19.8 Å². The van der Waals surface area contributed by atoms with Gasteiger partial charge >= 0.3 is 0 Å². The van der Waals surface area contributed by atoms with Gasteiger partial charge < -0.3 is 10.4 Å². The van der Waals surface area contributed by atoms with Crippen LogP contribution in [0.5, 0.6) is 0 Å². The maximum Gasteiger partial charge on any atom is 0.239 e. The van der Waals surface area contributed by atoms with E-state index in [-0.39, 0.29) is 5.91 Å². The van der Waals surface area contributed by atoms with Crippen LogP contribution in [-0.2, 0) is 4.79 Å². The van der Waals surface area contributed by atoms with E-state index < -0.39 is 5.60 Å². The number of rotatable bonds is 5. The number of pyridine rings is 1. The van der Waals surface area contributed by atoms with Gasteiger partial charge in [0.15, 0.2) is 0 Å². The lowest BCUT2D eigenvalue weighted by molar-refractivity contribution is -0.129. The van der Waals surface area contributed by atoms with Crippen molar-refractivity contribution in [3.63, 3.8) is 0 Å². The molecular weight excluding hydrogens is 310 g/mol. The van der Waals surface area contributed by atoms with Crippen LogP contribution in [0, 0.1) is 0 Å². The topological polar surface area (TPSA) is 65.5 Å². The van der Waals surface area contributed by atoms with Crippen LogP contribution in [0.15, 0.2) is 22.8 Å². The Bertz CT molecular complexity index is 444. The largest absolute Gasteiger partial charge is 0.387 e. The Kier molecular flexibility index (Phi) is 4.54. The van der Waals surface area contributed by atoms with E-state index in [1.807, 2.05) is 17.9 Å². The molecule has 0 spiro atoms. The maximum absolute atomic E-state index is 11.8. The number of hydrogen-bond donors (Lipinski definition) is 2. The minimum atomic E-state index is -0.592. The molecule has 0 aliphatic carbocycles. The second kappa shape index (κ2) is 5.98. The van der Waals surface area contributed by atoms with Gasteiger partial charge in [0.05, 0.1) is 12.1 Å². The molecule has 1 aliphatic heterocycles. The average Bonchev–Trinajstić information content (AvgIpc) is 2.30. The van der Waals surface area contributed by atoms with Gasteiger partial charge in [-0.2, -0.15) is 0 Å². The number of β-amino-alcohol motifs (C(OH)–C–C–N with tert-alkyl or cyclic N) is 1. The molecule has 1 aromatic heterocycles. The molecule has 19 heavy (non-hydrogen) atoms. The molecule has 2 rings (SSSR count). The standard InChI is InChI=1S/C13H18BrN3O2/c1-2-5-13(19)8-17(9-13)7-12(18)16-11-4-3-10(14)6-15-11/h3-4,6,19H,2,5,7-9H2,1H3,(H,15,16,18). The number of amides is 1. The highest BCUT2D eigenvalue weighted by Gasteiger charge is 2.40. The van der Waals surface area contributed by atoms with Crippen LogP contribution in [0.3, 0.4) is 0 Å². The lowest BCUT2D eigenvalue weighted by Gasteiger charge is -2.46. The van der Waals surface area contributed by atoms with Crippen LogP contribution in [-0.4, -0.2) is 46.1 Å². The Labute approximate surface area is 121 Å². The smallest absolute Gasteiger partial charge is 0.239 e. The summed E-state index contributed by atoms with van der Waals surface area (Å²) in [4.78, 5) is 17.8. The molecule has 1 aromatic rings. The summed E-state index contributed by atoms with van der Waals surface area (Å²) in [5.74, 6) is 0.436. The van der Waals surface area contributed by atoms with Gasteiger partial charge in [-0.25, -0.2) is 4.98 Å². The van der Waals surface area contributed by atoms with E-state index in [2.05, 4.69) is 26.2 Å². The van der Waals surface area contributed by atoms with Gasteiger partial charge in [0.1, 0.15) is 5.82 Å². The Morgan fingerprint density at radius 3 is 2.89 bits per heavy atom. The van der Waals surface area contributed by atoms with Gasteiger partial charge in [0.2, 0.25) is 5.91 Å². The van der Waals surface area contributed by atoms with Gasteiger partial charge in [0, 0.05) is 23.8 Å². The lowest BCUT2D eigenvalue weighted by atomic mass is 9.89. The Morgan fingerprint density at radius 1 is 1.58 bits per heavy atom. The van der Waals surface area contributed by atoms with Crippen molar-refractivity contribution < 1.29 is 9.90 Å². The number of nitrogens with one attached hydrogen (secondary N) is 1. The summed E-state index contributed by atoms with van der Waals surface area (Å²) in [6, 6.07) is 3.57. The number of aromatic nitrogens is 1. The summed E-state index contributed by atoms with van der Waals surface area (Å²) < 4.78 is 0.873. The quantitative estimate of drug-likeness (QED) is 0.862. The second-order valence-corrected chi connectivity index (χ2v) is 5.95. The van der Waals surface area contributed by atoms with E-state index in [1.54, 1.807) is 12.3 Å². The second-order valence-electron chi connectivity index (χ2n) is 5.03. The van der Waals surface area contributed by atoms with Crippen molar-refractivity contribution >= 4 is 27.7 Å². The number of anilines is 1. The molecule has 104 valence electrons. The zero-order chi connectivity index (χ0) is 13.9. The third kappa shape index (κ3) is 3.99. The first kappa shape index (κ1) is 14.4. The summed E-state index contributed by atoms with van der Waals surface area (Å²) in [6.07, 6.45) is 3.39. The zero-order valence-electron chi connectivity index (χ0n) is 10.9. The molecular formula is C13H18BrN3O2. The molecule has 0 bridgehead atoms. The number of carbonyl (C=O) groups excluding carboxylic acids is 1. The van der Waals surface area contributed by atoms with Crippen LogP contribution in [0.25, 0.3) is 0 Å². The molecule has 6 heteroatoms. The molecule has 1 aliphatic rings. The highest BCUT2D eigenvalue weighted by molar-refractivity contribution is 9.10. The summed E-state index contributed by atoms with van der Waals surface area (Å²) in [5, 5.41) is 12.8. The number of carbonyl (C=O) groups is 1.